The van der Waals surface area contributed by atoms with Gasteiger partial charge in [-0.05, 0) is 23.8 Å². The van der Waals surface area contributed by atoms with E-state index in [0.717, 1.165) is 22.1 Å². The van der Waals surface area contributed by atoms with Gasteiger partial charge in [0.15, 0.2) is 5.65 Å². The first-order valence-electron chi connectivity index (χ1n) is 6.20. The standard InChI is InChI=1S/C16H11N3/c1-2-6-12(7-3-1)13-10-14-15-8-4-5-9-19(15)18-16(14)17-11-13/h1-11H. The molecule has 0 spiro atoms. The summed E-state index contributed by atoms with van der Waals surface area (Å²) in [5.74, 6) is 0. The fraction of sp³-hybridized carbons (Fsp3) is 0. The van der Waals surface area contributed by atoms with E-state index in [-0.39, 0.29) is 0 Å². The summed E-state index contributed by atoms with van der Waals surface area (Å²) in [4.78, 5) is 4.46. The molecule has 4 rings (SSSR count). The lowest BCUT2D eigenvalue weighted by molar-refractivity contribution is 0.971. The molecule has 0 radical (unpaired) electrons. The van der Waals surface area contributed by atoms with Gasteiger partial charge in [-0.3, -0.25) is 0 Å². The van der Waals surface area contributed by atoms with Crippen molar-refractivity contribution in [2.75, 3.05) is 0 Å². The Morgan fingerprint density at radius 3 is 2.58 bits per heavy atom. The lowest BCUT2D eigenvalue weighted by Crippen LogP contribution is -1.83. The van der Waals surface area contributed by atoms with Gasteiger partial charge in [0.1, 0.15) is 0 Å². The van der Waals surface area contributed by atoms with E-state index in [0.29, 0.717) is 0 Å². The van der Waals surface area contributed by atoms with Gasteiger partial charge in [-0.1, -0.05) is 36.4 Å². The Kier molecular flexibility index (Phi) is 2.12. The zero-order chi connectivity index (χ0) is 12.7. The van der Waals surface area contributed by atoms with Crippen LogP contribution >= 0.6 is 0 Å². The number of aromatic nitrogens is 3. The summed E-state index contributed by atoms with van der Waals surface area (Å²) in [5.41, 5.74) is 4.16. The Morgan fingerprint density at radius 1 is 0.842 bits per heavy atom. The lowest BCUT2D eigenvalue weighted by atomic mass is 10.1. The molecule has 0 atom stereocenters. The average molecular weight is 245 g/mol. The zero-order valence-electron chi connectivity index (χ0n) is 10.2. The molecular formula is C16H11N3. The molecule has 90 valence electrons. The minimum atomic E-state index is 0.783. The number of fused-ring (bicyclic) bond motifs is 3. The van der Waals surface area contributed by atoms with Crippen molar-refractivity contribution in [1.82, 2.24) is 14.6 Å². The minimum absolute atomic E-state index is 0.783. The van der Waals surface area contributed by atoms with Crippen LogP contribution in [-0.2, 0) is 0 Å². The van der Waals surface area contributed by atoms with Crippen molar-refractivity contribution in [3.63, 3.8) is 0 Å². The van der Waals surface area contributed by atoms with Crippen LogP contribution in [0, 0.1) is 0 Å². The normalized spacial score (nSPS) is 11.2. The third-order valence-corrected chi connectivity index (χ3v) is 3.29. The maximum absolute atomic E-state index is 4.46. The number of rotatable bonds is 1. The van der Waals surface area contributed by atoms with Gasteiger partial charge in [-0.15, -0.1) is 5.10 Å². The van der Waals surface area contributed by atoms with Crippen molar-refractivity contribution >= 4 is 16.6 Å². The average Bonchev–Trinajstić information content (AvgIpc) is 2.86. The fourth-order valence-electron chi connectivity index (χ4n) is 2.35. The largest absolute Gasteiger partial charge is 0.238 e. The number of hydrogen-bond acceptors (Lipinski definition) is 2. The van der Waals surface area contributed by atoms with Crippen LogP contribution in [0.25, 0.3) is 27.7 Å². The van der Waals surface area contributed by atoms with Crippen molar-refractivity contribution in [3.05, 3.63) is 67.0 Å². The smallest absolute Gasteiger partial charge is 0.182 e. The highest BCUT2D eigenvalue weighted by molar-refractivity contribution is 5.94. The minimum Gasteiger partial charge on any atom is -0.238 e. The van der Waals surface area contributed by atoms with E-state index < -0.39 is 0 Å². The second-order valence-corrected chi connectivity index (χ2v) is 4.49. The van der Waals surface area contributed by atoms with Crippen molar-refractivity contribution < 1.29 is 0 Å². The van der Waals surface area contributed by atoms with E-state index in [4.69, 9.17) is 0 Å². The summed E-state index contributed by atoms with van der Waals surface area (Å²) in [7, 11) is 0. The Bertz CT molecular complexity index is 863. The van der Waals surface area contributed by atoms with Crippen molar-refractivity contribution in [3.8, 4) is 11.1 Å². The predicted molar refractivity (Wildman–Crippen MR) is 75.9 cm³/mol. The predicted octanol–water partition coefficient (Wildman–Crippen LogP) is 3.55. The quantitative estimate of drug-likeness (QED) is 0.513. The second kappa shape index (κ2) is 3.92. The SMILES string of the molecule is c1ccc(-c2cnc3nn4ccccc4c3c2)cc1. The van der Waals surface area contributed by atoms with Gasteiger partial charge in [0.2, 0.25) is 0 Å². The fourth-order valence-corrected chi connectivity index (χ4v) is 2.35. The van der Waals surface area contributed by atoms with Gasteiger partial charge in [0, 0.05) is 23.3 Å². The number of benzene rings is 1. The van der Waals surface area contributed by atoms with Crippen molar-refractivity contribution in [1.29, 1.82) is 0 Å². The number of hydrogen-bond donors (Lipinski definition) is 0. The van der Waals surface area contributed by atoms with Crippen molar-refractivity contribution in [2.45, 2.75) is 0 Å². The van der Waals surface area contributed by atoms with Crippen LogP contribution in [0.1, 0.15) is 0 Å². The van der Waals surface area contributed by atoms with Crippen LogP contribution in [0.4, 0.5) is 0 Å². The number of nitrogens with zero attached hydrogens (tertiary/aromatic N) is 3. The van der Waals surface area contributed by atoms with Gasteiger partial charge in [0.05, 0.1) is 5.52 Å². The number of pyridine rings is 2. The van der Waals surface area contributed by atoms with E-state index in [1.54, 1.807) is 0 Å². The summed E-state index contributed by atoms with van der Waals surface area (Å²) in [6, 6.07) is 18.5. The molecule has 0 aliphatic carbocycles. The first-order chi connectivity index (χ1) is 9.42. The Morgan fingerprint density at radius 2 is 1.68 bits per heavy atom. The van der Waals surface area contributed by atoms with Gasteiger partial charge in [0.25, 0.3) is 0 Å². The van der Waals surface area contributed by atoms with Gasteiger partial charge in [-0.2, -0.15) is 0 Å². The summed E-state index contributed by atoms with van der Waals surface area (Å²) in [6.45, 7) is 0. The Labute approximate surface area is 110 Å². The van der Waals surface area contributed by atoms with E-state index in [1.165, 1.54) is 5.56 Å². The van der Waals surface area contributed by atoms with Crippen molar-refractivity contribution in [2.24, 2.45) is 0 Å². The lowest BCUT2D eigenvalue weighted by Gasteiger charge is -2.00. The maximum Gasteiger partial charge on any atom is 0.182 e. The third-order valence-electron chi connectivity index (χ3n) is 3.29. The first kappa shape index (κ1) is 10.3. The molecule has 4 aromatic rings. The molecule has 0 fully saturated rings. The molecule has 0 bridgehead atoms. The van der Waals surface area contributed by atoms with Crippen LogP contribution in [0.15, 0.2) is 67.0 Å². The molecule has 0 unspecified atom stereocenters. The Hall–Kier alpha value is -2.68. The van der Waals surface area contributed by atoms with Crippen LogP contribution in [0.3, 0.4) is 0 Å². The van der Waals surface area contributed by atoms with E-state index in [2.05, 4.69) is 34.3 Å². The molecule has 3 aromatic heterocycles. The van der Waals surface area contributed by atoms with E-state index >= 15 is 0 Å². The summed E-state index contributed by atoms with van der Waals surface area (Å²) in [5, 5.41) is 5.54. The van der Waals surface area contributed by atoms with Gasteiger partial charge in [-0.25, -0.2) is 9.50 Å². The van der Waals surface area contributed by atoms with Gasteiger partial charge >= 0.3 is 0 Å². The molecule has 3 heterocycles. The molecule has 1 aromatic carbocycles. The monoisotopic (exact) mass is 245 g/mol. The highest BCUT2D eigenvalue weighted by atomic mass is 15.2. The topological polar surface area (TPSA) is 30.2 Å². The molecule has 19 heavy (non-hydrogen) atoms. The van der Waals surface area contributed by atoms with Crippen LogP contribution in [0.2, 0.25) is 0 Å². The Balaban J connectivity index is 2.03. The summed E-state index contributed by atoms with van der Waals surface area (Å²) >= 11 is 0. The first-order valence-corrected chi connectivity index (χ1v) is 6.20. The molecule has 0 aliphatic rings. The van der Waals surface area contributed by atoms with Gasteiger partial charge < -0.3 is 0 Å². The summed E-state index contributed by atoms with van der Waals surface area (Å²) < 4.78 is 1.87. The highest BCUT2D eigenvalue weighted by Crippen LogP contribution is 2.24. The molecule has 0 aliphatic heterocycles. The van der Waals surface area contributed by atoms with E-state index in [9.17, 15) is 0 Å². The molecular weight excluding hydrogens is 234 g/mol. The zero-order valence-corrected chi connectivity index (χ0v) is 10.2. The highest BCUT2D eigenvalue weighted by Gasteiger charge is 2.07. The molecule has 0 saturated carbocycles. The molecule has 0 N–H and O–H groups in total. The molecule has 3 heteroatoms. The molecule has 3 nitrogen and oxygen atoms in total. The van der Waals surface area contributed by atoms with Crippen LogP contribution in [-0.4, -0.2) is 14.6 Å². The van der Waals surface area contributed by atoms with Crippen LogP contribution in [0.5, 0.6) is 0 Å². The molecule has 0 amide bonds. The summed E-state index contributed by atoms with van der Waals surface area (Å²) in [6.07, 6.45) is 3.82. The van der Waals surface area contributed by atoms with Crippen LogP contribution < -0.4 is 0 Å². The van der Waals surface area contributed by atoms with E-state index in [1.807, 2.05) is 47.2 Å². The third kappa shape index (κ3) is 1.59. The maximum atomic E-state index is 4.46. The second-order valence-electron chi connectivity index (χ2n) is 4.49. The molecule has 0 saturated heterocycles.